The number of benzene rings is 2. The summed E-state index contributed by atoms with van der Waals surface area (Å²) < 4.78 is 0. The van der Waals surface area contributed by atoms with Gasteiger partial charge in [-0.1, -0.05) is 31.5 Å². The molecule has 2 aromatic rings. The first-order chi connectivity index (χ1) is 14.3. The minimum absolute atomic E-state index is 0.0173. The predicted molar refractivity (Wildman–Crippen MR) is 122 cm³/mol. The van der Waals surface area contributed by atoms with Crippen molar-refractivity contribution in [2.45, 2.75) is 40.0 Å². The van der Waals surface area contributed by atoms with Crippen LogP contribution in [0, 0.1) is 6.92 Å². The average molecular weight is 431 g/mol. The molecule has 2 rings (SSSR count). The van der Waals surface area contributed by atoms with Gasteiger partial charge in [0.15, 0.2) is 0 Å². The Bertz CT molecular complexity index is 931. The molecule has 0 radical (unpaired) electrons. The number of hydrogen-bond donors (Lipinski definition) is 4. The number of hydrogen-bond acceptors (Lipinski definition) is 4. The van der Waals surface area contributed by atoms with E-state index in [0.717, 1.165) is 12.0 Å². The Morgan fingerprint density at radius 2 is 1.47 bits per heavy atom. The standard InChI is InChI=1S/C22H27ClN4O3/c1-4-6-21(29)25-16-9-10-17(23)19(12-16)24-13-22(30)26-15-8-7-14(3)18(11-15)27-20(28)5-2/h7-12,24H,4-6,13H2,1-3H3,(H,25,29)(H,26,30)(H,27,28). The van der Waals surface area contributed by atoms with E-state index in [1.807, 2.05) is 19.9 Å². The van der Waals surface area contributed by atoms with E-state index in [0.29, 0.717) is 40.6 Å². The van der Waals surface area contributed by atoms with Crippen LogP contribution in [0.25, 0.3) is 0 Å². The lowest BCUT2D eigenvalue weighted by atomic mass is 10.1. The van der Waals surface area contributed by atoms with Crippen LogP contribution in [-0.4, -0.2) is 24.3 Å². The van der Waals surface area contributed by atoms with Crippen LogP contribution in [0.3, 0.4) is 0 Å². The molecule has 30 heavy (non-hydrogen) atoms. The molecule has 0 spiro atoms. The molecule has 8 heteroatoms. The molecule has 0 aliphatic carbocycles. The highest BCUT2D eigenvalue weighted by molar-refractivity contribution is 6.33. The molecule has 0 bridgehead atoms. The molecule has 3 amide bonds. The van der Waals surface area contributed by atoms with Crippen LogP contribution in [0.15, 0.2) is 36.4 Å². The predicted octanol–water partition coefficient (Wildman–Crippen LogP) is 4.79. The lowest BCUT2D eigenvalue weighted by Crippen LogP contribution is -2.22. The van der Waals surface area contributed by atoms with Crippen LogP contribution >= 0.6 is 11.6 Å². The van der Waals surface area contributed by atoms with Gasteiger partial charge in [0.25, 0.3) is 0 Å². The summed E-state index contributed by atoms with van der Waals surface area (Å²) in [5, 5.41) is 11.8. The third-order valence-electron chi connectivity index (χ3n) is 4.28. The van der Waals surface area contributed by atoms with Gasteiger partial charge >= 0.3 is 0 Å². The average Bonchev–Trinajstić information content (AvgIpc) is 2.71. The molecule has 0 saturated carbocycles. The zero-order valence-electron chi connectivity index (χ0n) is 17.4. The first-order valence-corrected chi connectivity index (χ1v) is 10.2. The van der Waals surface area contributed by atoms with E-state index in [2.05, 4.69) is 21.3 Å². The van der Waals surface area contributed by atoms with Crippen LogP contribution in [-0.2, 0) is 14.4 Å². The van der Waals surface area contributed by atoms with Crippen molar-refractivity contribution in [3.8, 4) is 0 Å². The van der Waals surface area contributed by atoms with Crippen LogP contribution in [0.5, 0.6) is 0 Å². The Morgan fingerprint density at radius 3 is 2.13 bits per heavy atom. The normalized spacial score (nSPS) is 10.3. The summed E-state index contributed by atoms with van der Waals surface area (Å²) in [4.78, 5) is 35.7. The topological polar surface area (TPSA) is 99.3 Å². The second kappa shape index (κ2) is 11.2. The summed E-state index contributed by atoms with van der Waals surface area (Å²) in [5.41, 5.74) is 3.29. The molecule has 2 aromatic carbocycles. The molecule has 0 aliphatic rings. The quantitative estimate of drug-likeness (QED) is 0.459. The summed E-state index contributed by atoms with van der Waals surface area (Å²) in [6.45, 7) is 5.57. The van der Waals surface area contributed by atoms with Crippen molar-refractivity contribution in [2.75, 3.05) is 27.8 Å². The maximum Gasteiger partial charge on any atom is 0.243 e. The zero-order chi connectivity index (χ0) is 22.1. The van der Waals surface area contributed by atoms with E-state index in [1.165, 1.54) is 0 Å². The highest BCUT2D eigenvalue weighted by atomic mass is 35.5. The maximum atomic E-state index is 12.3. The minimum Gasteiger partial charge on any atom is -0.375 e. The SMILES string of the molecule is CCCC(=O)Nc1ccc(Cl)c(NCC(=O)Nc2ccc(C)c(NC(=O)CC)c2)c1. The number of amides is 3. The zero-order valence-corrected chi connectivity index (χ0v) is 18.2. The highest BCUT2D eigenvalue weighted by Gasteiger charge is 2.09. The van der Waals surface area contributed by atoms with Crippen molar-refractivity contribution >= 4 is 52.1 Å². The highest BCUT2D eigenvalue weighted by Crippen LogP contribution is 2.26. The molecule has 7 nitrogen and oxygen atoms in total. The summed E-state index contributed by atoms with van der Waals surface area (Å²) >= 11 is 6.19. The molecule has 0 heterocycles. The van der Waals surface area contributed by atoms with Gasteiger partial charge in [-0.3, -0.25) is 14.4 Å². The van der Waals surface area contributed by atoms with Gasteiger partial charge < -0.3 is 21.3 Å². The molecule has 0 saturated heterocycles. The Balaban J connectivity index is 1.98. The molecule has 0 aliphatic heterocycles. The third kappa shape index (κ3) is 7.08. The van der Waals surface area contributed by atoms with Crippen LogP contribution in [0.1, 0.15) is 38.7 Å². The van der Waals surface area contributed by atoms with Crippen molar-refractivity contribution in [1.29, 1.82) is 0 Å². The van der Waals surface area contributed by atoms with Crippen molar-refractivity contribution in [1.82, 2.24) is 0 Å². The number of aryl methyl sites for hydroxylation is 1. The Morgan fingerprint density at radius 1 is 0.833 bits per heavy atom. The smallest absolute Gasteiger partial charge is 0.243 e. The monoisotopic (exact) mass is 430 g/mol. The summed E-state index contributed by atoms with van der Waals surface area (Å²) in [5.74, 6) is -0.444. The number of nitrogens with one attached hydrogen (secondary N) is 4. The van der Waals surface area contributed by atoms with E-state index >= 15 is 0 Å². The number of halogens is 1. The number of rotatable bonds is 9. The van der Waals surface area contributed by atoms with Gasteiger partial charge in [0.1, 0.15) is 0 Å². The lowest BCUT2D eigenvalue weighted by molar-refractivity contribution is -0.116. The fraction of sp³-hybridized carbons (Fsp3) is 0.318. The van der Waals surface area contributed by atoms with Gasteiger partial charge in [-0.05, 0) is 49.2 Å². The van der Waals surface area contributed by atoms with Gasteiger partial charge in [-0.2, -0.15) is 0 Å². The Hall–Kier alpha value is -3.06. The molecule has 0 atom stereocenters. The fourth-order valence-corrected chi connectivity index (χ4v) is 2.83. The second-order valence-electron chi connectivity index (χ2n) is 6.83. The van der Waals surface area contributed by atoms with Crippen molar-refractivity contribution < 1.29 is 14.4 Å². The lowest BCUT2D eigenvalue weighted by Gasteiger charge is -2.13. The molecule has 4 N–H and O–H groups in total. The van der Waals surface area contributed by atoms with Gasteiger partial charge in [0.2, 0.25) is 17.7 Å². The first kappa shape index (κ1) is 23.2. The van der Waals surface area contributed by atoms with Crippen LogP contribution < -0.4 is 21.3 Å². The molecule has 0 fully saturated rings. The van der Waals surface area contributed by atoms with Gasteiger partial charge in [0, 0.05) is 29.9 Å². The first-order valence-electron chi connectivity index (χ1n) is 9.86. The summed E-state index contributed by atoms with van der Waals surface area (Å²) in [7, 11) is 0. The third-order valence-corrected chi connectivity index (χ3v) is 4.61. The molecule has 0 aromatic heterocycles. The van der Waals surface area contributed by atoms with Crippen molar-refractivity contribution in [3.05, 3.63) is 47.0 Å². The minimum atomic E-state index is -0.275. The maximum absolute atomic E-state index is 12.3. The molecule has 160 valence electrons. The van der Waals surface area contributed by atoms with Gasteiger partial charge in [0.05, 0.1) is 17.3 Å². The van der Waals surface area contributed by atoms with Gasteiger partial charge in [-0.15, -0.1) is 0 Å². The second-order valence-corrected chi connectivity index (χ2v) is 7.23. The fourth-order valence-electron chi connectivity index (χ4n) is 2.64. The number of carbonyl (C=O) groups excluding carboxylic acids is 3. The van der Waals surface area contributed by atoms with Crippen LogP contribution in [0.4, 0.5) is 22.7 Å². The van der Waals surface area contributed by atoms with E-state index < -0.39 is 0 Å². The summed E-state index contributed by atoms with van der Waals surface area (Å²) in [6, 6.07) is 10.4. The van der Waals surface area contributed by atoms with E-state index in [1.54, 1.807) is 37.3 Å². The van der Waals surface area contributed by atoms with Gasteiger partial charge in [-0.25, -0.2) is 0 Å². The van der Waals surface area contributed by atoms with E-state index in [-0.39, 0.29) is 24.3 Å². The van der Waals surface area contributed by atoms with Crippen LogP contribution in [0.2, 0.25) is 5.02 Å². The molecule has 0 unspecified atom stereocenters. The largest absolute Gasteiger partial charge is 0.375 e. The number of anilines is 4. The Labute approximate surface area is 181 Å². The van der Waals surface area contributed by atoms with Crippen molar-refractivity contribution in [2.24, 2.45) is 0 Å². The number of carbonyl (C=O) groups is 3. The molecular formula is C22H27ClN4O3. The van der Waals surface area contributed by atoms with Crippen molar-refractivity contribution in [3.63, 3.8) is 0 Å². The van der Waals surface area contributed by atoms with E-state index in [4.69, 9.17) is 11.6 Å². The summed E-state index contributed by atoms with van der Waals surface area (Å²) in [6.07, 6.45) is 1.57. The molecular weight excluding hydrogens is 404 g/mol. The Kier molecular flexibility index (Phi) is 8.68. The van der Waals surface area contributed by atoms with E-state index in [9.17, 15) is 14.4 Å².